The third-order valence-corrected chi connectivity index (χ3v) is 4.97. The van der Waals surface area contributed by atoms with Crippen LogP contribution in [-0.4, -0.2) is 18.3 Å². The number of rotatable bonds is 6. The van der Waals surface area contributed by atoms with E-state index in [1.165, 1.54) is 48.3 Å². The van der Waals surface area contributed by atoms with Gasteiger partial charge in [0.05, 0.1) is 0 Å². The van der Waals surface area contributed by atoms with Gasteiger partial charge in [0.15, 0.2) is 0 Å². The summed E-state index contributed by atoms with van der Waals surface area (Å²) in [6.45, 7) is 5.63. The third kappa shape index (κ3) is 5.19. The lowest BCUT2D eigenvalue weighted by atomic mass is 9.96. The molecule has 0 spiro atoms. The van der Waals surface area contributed by atoms with Crippen molar-refractivity contribution >= 4 is 11.8 Å². The van der Waals surface area contributed by atoms with E-state index in [-0.39, 0.29) is 0 Å². The summed E-state index contributed by atoms with van der Waals surface area (Å²) in [6, 6.07) is 9.85. The van der Waals surface area contributed by atoms with Gasteiger partial charge in [0, 0.05) is 23.2 Å². The molecule has 0 saturated heterocycles. The minimum atomic E-state index is 0.631. The Kier molecular flexibility index (Phi) is 6.25. The Labute approximate surface area is 122 Å². The maximum Gasteiger partial charge on any atom is 0.0106 e. The second-order valence-corrected chi connectivity index (χ2v) is 7.03. The highest BCUT2D eigenvalue weighted by Crippen LogP contribution is 2.22. The summed E-state index contributed by atoms with van der Waals surface area (Å²) in [5.74, 6) is 1.81. The van der Waals surface area contributed by atoms with E-state index in [9.17, 15) is 0 Å². The first-order chi connectivity index (χ1) is 9.25. The maximum absolute atomic E-state index is 3.70. The molecule has 2 heteroatoms. The fraction of sp³-hybridized carbons (Fsp3) is 0.647. The molecule has 2 rings (SSSR count). The highest BCUT2D eigenvalue weighted by atomic mass is 32.2. The zero-order chi connectivity index (χ0) is 13.5. The van der Waals surface area contributed by atoms with Crippen molar-refractivity contribution in [2.45, 2.75) is 62.8 Å². The van der Waals surface area contributed by atoms with Crippen LogP contribution in [0.15, 0.2) is 29.2 Å². The molecule has 0 unspecified atom stereocenters. The van der Waals surface area contributed by atoms with Gasteiger partial charge in [0.25, 0.3) is 0 Å². The van der Waals surface area contributed by atoms with E-state index in [4.69, 9.17) is 0 Å². The smallest absolute Gasteiger partial charge is 0.0106 e. The van der Waals surface area contributed by atoms with E-state index in [1.54, 1.807) is 0 Å². The van der Waals surface area contributed by atoms with E-state index in [0.717, 1.165) is 12.6 Å². The lowest BCUT2D eigenvalue weighted by Crippen LogP contribution is -2.32. The first kappa shape index (κ1) is 14.9. The molecule has 1 aromatic rings. The molecule has 0 atom stereocenters. The van der Waals surface area contributed by atoms with Gasteiger partial charge >= 0.3 is 0 Å². The molecule has 1 saturated carbocycles. The standard InChI is InChI=1S/C17H27NS/c1-14(2)15-8-10-17(11-9-15)19-13-12-18-16-6-4-3-5-7-16/h8-11,14,16,18H,3-7,12-13H2,1-2H3. The number of thioether (sulfide) groups is 1. The second kappa shape index (κ2) is 7.96. The third-order valence-electron chi connectivity index (χ3n) is 3.96. The Bertz CT molecular complexity index is 352. The number of benzene rings is 1. The van der Waals surface area contributed by atoms with Crippen LogP contribution in [0.1, 0.15) is 57.4 Å². The zero-order valence-electron chi connectivity index (χ0n) is 12.3. The molecule has 0 heterocycles. The molecule has 1 aromatic carbocycles. The molecule has 106 valence electrons. The topological polar surface area (TPSA) is 12.0 Å². The lowest BCUT2D eigenvalue weighted by molar-refractivity contribution is 0.381. The summed E-state index contributed by atoms with van der Waals surface area (Å²) < 4.78 is 0. The van der Waals surface area contributed by atoms with Gasteiger partial charge in [-0.2, -0.15) is 0 Å². The predicted octanol–water partition coefficient (Wildman–Crippen LogP) is 4.82. The van der Waals surface area contributed by atoms with Crippen molar-refractivity contribution in [3.05, 3.63) is 29.8 Å². The van der Waals surface area contributed by atoms with Crippen LogP contribution in [0.5, 0.6) is 0 Å². The highest BCUT2D eigenvalue weighted by molar-refractivity contribution is 7.99. The summed E-state index contributed by atoms with van der Waals surface area (Å²) in [6.07, 6.45) is 7.04. The molecule has 0 aromatic heterocycles. The van der Waals surface area contributed by atoms with Crippen LogP contribution in [0.2, 0.25) is 0 Å². The molecule has 0 aliphatic heterocycles. The highest BCUT2D eigenvalue weighted by Gasteiger charge is 2.11. The van der Waals surface area contributed by atoms with Gasteiger partial charge in [-0.3, -0.25) is 0 Å². The zero-order valence-corrected chi connectivity index (χ0v) is 13.1. The SMILES string of the molecule is CC(C)c1ccc(SCCNC2CCCCC2)cc1. The molecule has 1 aliphatic carbocycles. The molecule has 0 bridgehead atoms. The Hall–Kier alpha value is -0.470. The molecule has 1 nitrogen and oxygen atoms in total. The summed E-state index contributed by atoms with van der Waals surface area (Å²) >= 11 is 1.97. The van der Waals surface area contributed by atoms with E-state index in [1.807, 2.05) is 11.8 Å². The number of nitrogens with one attached hydrogen (secondary N) is 1. The molecular formula is C17H27NS. The normalized spacial score (nSPS) is 17.0. The Morgan fingerprint density at radius 1 is 1.11 bits per heavy atom. The van der Waals surface area contributed by atoms with Crippen LogP contribution in [0.25, 0.3) is 0 Å². The lowest BCUT2D eigenvalue weighted by Gasteiger charge is -2.22. The van der Waals surface area contributed by atoms with Crippen molar-refractivity contribution in [1.29, 1.82) is 0 Å². The Morgan fingerprint density at radius 2 is 1.79 bits per heavy atom. The molecular weight excluding hydrogens is 250 g/mol. The average Bonchev–Trinajstić information content (AvgIpc) is 2.45. The van der Waals surface area contributed by atoms with Crippen LogP contribution in [0.4, 0.5) is 0 Å². The van der Waals surface area contributed by atoms with Crippen molar-refractivity contribution < 1.29 is 0 Å². The van der Waals surface area contributed by atoms with Crippen LogP contribution in [-0.2, 0) is 0 Å². The summed E-state index contributed by atoms with van der Waals surface area (Å²) in [5.41, 5.74) is 1.43. The van der Waals surface area contributed by atoms with Gasteiger partial charge in [-0.25, -0.2) is 0 Å². The van der Waals surface area contributed by atoms with Crippen molar-refractivity contribution in [3.63, 3.8) is 0 Å². The van der Waals surface area contributed by atoms with Gasteiger partial charge in [-0.15, -0.1) is 11.8 Å². The van der Waals surface area contributed by atoms with Gasteiger partial charge < -0.3 is 5.32 Å². The minimum Gasteiger partial charge on any atom is -0.313 e. The first-order valence-electron chi connectivity index (χ1n) is 7.72. The van der Waals surface area contributed by atoms with Crippen molar-refractivity contribution in [2.75, 3.05) is 12.3 Å². The van der Waals surface area contributed by atoms with Crippen molar-refractivity contribution in [1.82, 2.24) is 5.32 Å². The van der Waals surface area contributed by atoms with E-state index < -0.39 is 0 Å². The molecule has 1 N–H and O–H groups in total. The molecule has 0 radical (unpaired) electrons. The summed E-state index contributed by atoms with van der Waals surface area (Å²) in [7, 11) is 0. The van der Waals surface area contributed by atoms with Crippen molar-refractivity contribution in [3.8, 4) is 0 Å². The fourth-order valence-corrected chi connectivity index (χ4v) is 3.47. The Morgan fingerprint density at radius 3 is 2.42 bits per heavy atom. The van der Waals surface area contributed by atoms with Gasteiger partial charge in [-0.05, 0) is 36.5 Å². The minimum absolute atomic E-state index is 0.631. The second-order valence-electron chi connectivity index (χ2n) is 5.86. The van der Waals surface area contributed by atoms with E-state index >= 15 is 0 Å². The predicted molar refractivity (Wildman–Crippen MR) is 86.1 cm³/mol. The summed E-state index contributed by atoms with van der Waals surface area (Å²) in [4.78, 5) is 1.40. The van der Waals surface area contributed by atoms with E-state index in [0.29, 0.717) is 5.92 Å². The van der Waals surface area contributed by atoms with Crippen LogP contribution >= 0.6 is 11.8 Å². The van der Waals surface area contributed by atoms with Crippen LogP contribution in [0.3, 0.4) is 0 Å². The van der Waals surface area contributed by atoms with Crippen LogP contribution in [0, 0.1) is 0 Å². The largest absolute Gasteiger partial charge is 0.313 e. The first-order valence-corrected chi connectivity index (χ1v) is 8.70. The Balaban J connectivity index is 1.64. The molecule has 1 aliphatic rings. The number of hydrogen-bond acceptors (Lipinski definition) is 2. The molecule has 19 heavy (non-hydrogen) atoms. The molecule has 1 fully saturated rings. The van der Waals surface area contributed by atoms with E-state index in [2.05, 4.69) is 43.4 Å². The molecule has 0 amide bonds. The van der Waals surface area contributed by atoms with Crippen molar-refractivity contribution in [2.24, 2.45) is 0 Å². The fourth-order valence-electron chi connectivity index (χ4n) is 2.69. The summed E-state index contributed by atoms with van der Waals surface area (Å²) in [5, 5.41) is 3.70. The maximum atomic E-state index is 3.70. The number of hydrogen-bond donors (Lipinski definition) is 1. The average molecular weight is 277 g/mol. The quantitative estimate of drug-likeness (QED) is 0.591. The van der Waals surface area contributed by atoms with Gasteiger partial charge in [-0.1, -0.05) is 45.2 Å². The van der Waals surface area contributed by atoms with Gasteiger partial charge in [0.1, 0.15) is 0 Å². The van der Waals surface area contributed by atoms with Crippen LogP contribution < -0.4 is 5.32 Å². The monoisotopic (exact) mass is 277 g/mol. The van der Waals surface area contributed by atoms with Gasteiger partial charge in [0.2, 0.25) is 0 Å².